The molecule has 0 bridgehead atoms. The van der Waals surface area contributed by atoms with Crippen molar-refractivity contribution in [3.8, 4) is 5.75 Å². The molecule has 0 N–H and O–H groups in total. The van der Waals surface area contributed by atoms with E-state index in [2.05, 4.69) is 50.2 Å². The summed E-state index contributed by atoms with van der Waals surface area (Å²) in [7, 11) is 0. The van der Waals surface area contributed by atoms with Crippen LogP contribution in [0.15, 0.2) is 60.7 Å². The van der Waals surface area contributed by atoms with Crippen molar-refractivity contribution in [2.75, 3.05) is 0 Å². The molecule has 1 aliphatic heterocycles. The van der Waals surface area contributed by atoms with Gasteiger partial charge in [0.25, 0.3) is 0 Å². The number of benzene rings is 3. The number of rotatable bonds is 5. The van der Waals surface area contributed by atoms with Crippen LogP contribution < -0.4 is 4.74 Å². The van der Waals surface area contributed by atoms with Crippen molar-refractivity contribution in [3.05, 3.63) is 99.9 Å². The maximum Gasteiger partial charge on any atom is 0.319 e. The zero-order valence-corrected chi connectivity index (χ0v) is 17.7. The topological polar surface area (TPSA) is 26.3 Å². The Bertz CT molecular complexity index is 1050. The lowest BCUT2D eigenvalue weighted by molar-refractivity contribution is -0.137. The Morgan fingerprint density at radius 1 is 1.00 bits per heavy atom. The minimum atomic E-state index is -0.405. The van der Waals surface area contributed by atoms with Gasteiger partial charge in [-0.15, -0.1) is 0 Å². The van der Waals surface area contributed by atoms with Crippen molar-refractivity contribution in [1.82, 2.24) is 0 Å². The molecule has 154 valence electrons. The smallest absolute Gasteiger partial charge is 0.319 e. The van der Waals surface area contributed by atoms with Gasteiger partial charge in [-0.05, 0) is 47.6 Å². The van der Waals surface area contributed by atoms with Crippen LogP contribution in [0.2, 0.25) is 0 Å². The molecule has 3 aromatic carbocycles. The Balaban J connectivity index is 1.55. The third kappa shape index (κ3) is 3.89. The average Bonchev–Trinajstić information content (AvgIpc) is 2.76. The molecule has 1 aliphatic rings. The monoisotopic (exact) mass is 402 g/mol. The van der Waals surface area contributed by atoms with Crippen molar-refractivity contribution < 1.29 is 13.9 Å². The second-order valence-corrected chi connectivity index (χ2v) is 8.25. The number of ether oxygens (including phenoxy) is 1. The minimum absolute atomic E-state index is 0.117. The average molecular weight is 403 g/mol. The second kappa shape index (κ2) is 8.43. The minimum Gasteiger partial charge on any atom is -0.423 e. The summed E-state index contributed by atoms with van der Waals surface area (Å²) < 4.78 is 20.2. The third-order valence-corrected chi connectivity index (χ3v) is 6.11. The van der Waals surface area contributed by atoms with Crippen LogP contribution in [0.3, 0.4) is 0 Å². The fourth-order valence-corrected chi connectivity index (χ4v) is 4.16. The Morgan fingerprint density at radius 3 is 2.27 bits per heavy atom. The summed E-state index contributed by atoms with van der Waals surface area (Å²) in [6, 6.07) is 20.4. The SMILES string of the molecule is CCCc1ccc2c(c1F)OC(=O)C(c1ccc(C(C)c3ccc(C)cc3)cc1)C2. The summed E-state index contributed by atoms with van der Waals surface area (Å²) in [5, 5.41) is 0. The number of esters is 1. The third-order valence-electron chi connectivity index (χ3n) is 6.11. The number of carbonyl (C=O) groups is 1. The molecule has 0 aromatic heterocycles. The zero-order valence-electron chi connectivity index (χ0n) is 17.7. The van der Waals surface area contributed by atoms with Gasteiger partial charge in [-0.1, -0.05) is 86.5 Å². The molecule has 0 saturated heterocycles. The van der Waals surface area contributed by atoms with Gasteiger partial charge < -0.3 is 4.74 Å². The molecular formula is C27H27FO2. The van der Waals surface area contributed by atoms with E-state index in [1.54, 1.807) is 0 Å². The van der Waals surface area contributed by atoms with Gasteiger partial charge in [-0.2, -0.15) is 0 Å². The Kier molecular flexibility index (Phi) is 5.72. The van der Waals surface area contributed by atoms with Crippen LogP contribution in [0, 0.1) is 12.7 Å². The van der Waals surface area contributed by atoms with Gasteiger partial charge >= 0.3 is 5.97 Å². The molecule has 0 saturated carbocycles. The second-order valence-electron chi connectivity index (χ2n) is 8.25. The summed E-state index contributed by atoms with van der Waals surface area (Å²) in [4.78, 5) is 12.7. The van der Waals surface area contributed by atoms with Gasteiger partial charge in [0.1, 0.15) is 0 Å². The summed E-state index contributed by atoms with van der Waals surface area (Å²) in [6.07, 6.45) is 1.95. The lowest BCUT2D eigenvalue weighted by Gasteiger charge is -2.25. The predicted molar refractivity (Wildman–Crippen MR) is 118 cm³/mol. The summed E-state index contributed by atoms with van der Waals surface area (Å²) in [5.41, 5.74) is 5.98. The number of aryl methyl sites for hydroxylation is 2. The molecule has 2 nitrogen and oxygen atoms in total. The number of hydrogen-bond acceptors (Lipinski definition) is 2. The first-order valence-corrected chi connectivity index (χ1v) is 10.7. The van der Waals surface area contributed by atoms with Gasteiger partial charge in [0, 0.05) is 5.92 Å². The van der Waals surface area contributed by atoms with Crippen LogP contribution in [-0.2, 0) is 17.6 Å². The first-order valence-electron chi connectivity index (χ1n) is 10.7. The van der Waals surface area contributed by atoms with E-state index in [0.29, 0.717) is 18.4 Å². The van der Waals surface area contributed by atoms with Gasteiger partial charge in [0.2, 0.25) is 0 Å². The van der Waals surface area contributed by atoms with Crippen LogP contribution in [0.5, 0.6) is 5.75 Å². The fraction of sp³-hybridized carbons (Fsp3) is 0.296. The van der Waals surface area contributed by atoms with Crippen LogP contribution in [0.1, 0.15) is 65.5 Å². The van der Waals surface area contributed by atoms with Crippen LogP contribution in [0.4, 0.5) is 4.39 Å². The maximum absolute atomic E-state index is 14.7. The van der Waals surface area contributed by atoms with Crippen LogP contribution in [-0.4, -0.2) is 5.97 Å². The molecule has 0 radical (unpaired) electrons. The predicted octanol–water partition coefficient (Wildman–Crippen LogP) is 6.48. The van der Waals surface area contributed by atoms with E-state index in [1.165, 1.54) is 16.7 Å². The first-order chi connectivity index (χ1) is 14.5. The molecule has 3 heteroatoms. The first kappa shape index (κ1) is 20.3. The Labute approximate surface area is 177 Å². The number of carbonyl (C=O) groups excluding carboxylic acids is 1. The highest BCUT2D eigenvalue weighted by atomic mass is 19.1. The Hall–Kier alpha value is -2.94. The normalized spacial score (nSPS) is 16.7. The molecule has 4 rings (SSSR count). The summed E-state index contributed by atoms with van der Waals surface area (Å²) in [6.45, 7) is 6.27. The lowest BCUT2D eigenvalue weighted by Crippen LogP contribution is -2.27. The van der Waals surface area contributed by atoms with E-state index >= 15 is 0 Å². The van der Waals surface area contributed by atoms with E-state index in [0.717, 1.165) is 17.5 Å². The van der Waals surface area contributed by atoms with E-state index in [4.69, 9.17) is 4.74 Å². The van der Waals surface area contributed by atoms with Gasteiger partial charge in [-0.25, -0.2) is 4.39 Å². The number of fused-ring (bicyclic) bond motifs is 1. The van der Waals surface area contributed by atoms with Crippen molar-refractivity contribution in [1.29, 1.82) is 0 Å². The maximum atomic E-state index is 14.7. The van der Waals surface area contributed by atoms with Gasteiger partial charge in [0.05, 0.1) is 5.92 Å². The highest BCUT2D eigenvalue weighted by Crippen LogP contribution is 2.37. The molecule has 3 aromatic rings. The molecule has 0 spiro atoms. The van der Waals surface area contributed by atoms with Crippen molar-refractivity contribution in [2.45, 2.75) is 51.9 Å². The highest BCUT2D eigenvalue weighted by Gasteiger charge is 2.32. The number of hydrogen-bond donors (Lipinski definition) is 0. The lowest BCUT2D eigenvalue weighted by atomic mass is 9.86. The quantitative estimate of drug-likeness (QED) is 0.360. The molecule has 0 amide bonds. The largest absolute Gasteiger partial charge is 0.423 e. The molecule has 2 unspecified atom stereocenters. The summed E-state index contributed by atoms with van der Waals surface area (Å²) >= 11 is 0. The molecule has 0 fully saturated rings. The standard InChI is InChI=1S/C27H27FO2/c1-4-5-22-14-15-23-16-24(27(29)30-26(23)25(22)28)21-12-10-20(11-13-21)18(3)19-8-6-17(2)7-9-19/h6-15,18,24H,4-5,16H2,1-3H3. The van der Waals surface area contributed by atoms with Crippen molar-refractivity contribution in [2.24, 2.45) is 0 Å². The molecule has 30 heavy (non-hydrogen) atoms. The van der Waals surface area contributed by atoms with E-state index in [9.17, 15) is 9.18 Å². The van der Waals surface area contributed by atoms with E-state index in [1.807, 2.05) is 31.2 Å². The van der Waals surface area contributed by atoms with Crippen LogP contribution >= 0.6 is 0 Å². The Morgan fingerprint density at radius 2 is 1.63 bits per heavy atom. The molecule has 0 aliphatic carbocycles. The van der Waals surface area contributed by atoms with Crippen molar-refractivity contribution >= 4 is 5.97 Å². The van der Waals surface area contributed by atoms with Crippen LogP contribution in [0.25, 0.3) is 0 Å². The molecule has 2 atom stereocenters. The zero-order chi connectivity index (χ0) is 21.3. The van der Waals surface area contributed by atoms with Crippen molar-refractivity contribution in [3.63, 3.8) is 0 Å². The molecular weight excluding hydrogens is 375 g/mol. The van der Waals surface area contributed by atoms with E-state index < -0.39 is 5.92 Å². The molecule has 1 heterocycles. The number of halogens is 1. The van der Waals surface area contributed by atoms with Gasteiger partial charge in [0.15, 0.2) is 11.6 Å². The van der Waals surface area contributed by atoms with Gasteiger partial charge in [-0.3, -0.25) is 4.79 Å². The fourth-order valence-electron chi connectivity index (χ4n) is 4.16. The summed E-state index contributed by atoms with van der Waals surface area (Å²) in [5.74, 6) is -0.785. The van der Waals surface area contributed by atoms with E-state index in [-0.39, 0.29) is 23.5 Å². The highest BCUT2D eigenvalue weighted by molar-refractivity contribution is 5.83.